The molecule has 0 aromatic carbocycles. The van der Waals surface area contributed by atoms with Crippen LogP contribution >= 0.6 is 0 Å². The SMILES string of the molecule is CCCCCCCCCCCCCCCC(=O)N[C@H](C(=O)C[C@@H](CC(C)C)C(=O)N[C@@H](C)C(=O)C[C@H](C(=O)N[C@@H](CCCCN)C(=O)C[C@@H](CC(C)C)C(=O)N[C@@H](CCCN=C(N)N)C(=O)C[C@@H](CCC(=O)O)C(=O)NC)[C@@H](C)O)C(C)C. The van der Waals surface area contributed by atoms with Crippen molar-refractivity contribution >= 4 is 64.6 Å². The van der Waals surface area contributed by atoms with Gasteiger partial charge in [-0.25, -0.2) is 0 Å². The van der Waals surface area contributed by atoms with E-state index in [0.717, 1.165) is 25.7 Å². The third-order valence-corrected chi connectivity index (χ3v) is 15.2. The van der Waals surface area contributed by atoms with Gasteiger partial charge in [0.2, 0.25) is 29.5 Å². The molecule has 0 radical (unpaired) electrons. The minimum absolute atomic E-state index is 0.00221. The minimum atomic E-state index is -1.38. The molecule has 478 valence electrons. The number of carbonyl (C=O) groups excluding carboxylic acids is 9. The summed E-state index contributed by atoms with van der Waals surface area (Å²) in [5.41, 5.74) is 16.8. The quantitative estimate of drug-likeness (QED) is 0.0173. The molecule has 0 fully saturated rings. The van der Waals surface area contributed by atoms with Gasteiger partial charge in [0.25, 0.3) is 0 Å². The van der Waals surface area contributed by atoms with Crippen LogP contribution in [0.15, 0.2) is 4.99 Å². The number of nitrogens with two attached hydrogens (primary N) is 3. The lowest BCUT2D eigenvalue weighted by Gasteiger charge is -2.27. The number of hydrogen-bond acceptors (Lipinski definition) is 13. The van der Waals surface area contributed by atoms with Crippen molar-refractivity contribution in [3.8, 4) is 0 Å². The van der Waals surface area contributed by atoms with E-state index in [4.69, 9.17) is 17.2 Å². The maximum atomic E-state index is 14.3. The molecule has 0 aliphatic rings. The van der Waals surface area contributed by atoms with Gasteiger partial charge in [-0.2, -0.15) is 0 Å². The highest BCUT2D eigenvalue weighted by atomic mass is 16.4. The van der Waals surface area contributed by atoms with Crippen molar-refractivity contribution in [2.45, 2.75) is 266 Å². The number of aliphatic hydroxyl groups excluding tert-OH is 1. The Morgan fingerprint density at radius 2 is 0.964 bits per heavy atom. The smallest absolute Gasteiger partial charge is 0.303 e. The second-order valence-corrected chi connectivity index (χ2v) is 24.3. The largest absolute Gasteiger partial charge is 0.481 e. The van der Waals surface area contributed by atoms with Crippen LogP contribution < -0.4 is 43.8 Å². The number of amides is 5. The van der Waals surface area contributed by atoms with Crippen LogP contribution in [0.3, 0.4) is 0 Å². The Labute approximate surface area is 497 Å². The Morgan fingerprint density at radius 3 is 1.42 bits per heavy atom. The van der Waals surface area contributed by atoms with Crippen molar-refractivity contribution in [1.82, 2.24) is 26.6 Å². The highest BCUT2D eigenvalue weighted by molar-refractivity contribution is 5.98. The lowest BCUT2D eigenvalue weighted by Crippen LogP contribution is -2.50. The molecule has 0 spiro atoms. The Hall–Kier alpha value is -5.31. The summed E-state index contributed by atoms with van der Waals surface area (Å²) in [5.74, 6) is -10.5. The molecule has 0 aromatic heterocycles. The van der Waals surface area contributed by atoms with E-state index in [0.29, 0.717) is 25.7 Å². The summed E-state index contributed by atoms with van der Waals surface area (Å²) < 4.78 is 0. The van der Waals surface area contributed by atoms with Crippen LogP contribution in [0.4, 0.5) is 0 Å². The Bertz CT molecular complexity index is 1990. The molecule has 5 amide bonds. The number of carboxylic acid groups (broad SMARTS) is 1. The van der Waals surface area contributed by atoms with Crippen molar-refractivity contribution in [2.24, 2.45) is 63.6 Å². The van der Waals surface area contributed by atoms with E-state index in [1.807, 2.05) is 41.5 Å². The molecule has 0 bridgehead atoms. The highest BCUT2D eigenvalue weighted by Crippen LogP contribution is 2.24. The maximum Gasteiger partial charge on any atom is 0.303 e. The zero-order chi connectivity index (χ0) is 63.0. The molecule has 0 unspecified atom stereocenters. The average Bonchev–Trinajstić information content (AvgIpc) is 3.47. The zero-order valence-electron chi connectivity index (χ0n) is 52.6. The number of rotatable bonds is 51. The number of unbranched alkanes of at least 4 members (excludes halogenated alkanes) is 13. The first kappa shape index (κ1) is 77.7. The fourth-order valence-electron chi connectivity index (χ4n) is 10.3. The summed E-state index contributed by atoms with van der Waals surface area (Å²) in [6, 6.07) is -4.26. The maximum absolute atomic E-state index is 14.3. The summed E-state index contributed by atoms with van der Waals surface area (Å²) in [5, 5.41) is 33.8. The molecule has 0 saturated carbocycles. The minimum Gasteiger partial charge on any atom is -0.481 e. The molecule has 0 rings (SSSR count). The molecular formula is C62H113N9O12. The van der Waals surface area contributed by atoms with Gasteiger partial charge in [0.05, 0.1) is 36.2 Å². The van der Waals surface area contributed by atoms with E-state index in [-0.39, 0.29) is 106 Å². The van der Waals surface area contributed by atoms with Crippen molar-refractivity contribution < 1.29 is 58.2 Å². The van der Waals surface area contributed by atoms with E-state index >= 15 is 0 Å². The predicted molar refractivity (Wildman–Crippen MR) is 325 cm³/mol. The molecule has 83 heavy (non-hydrogen) atoms. The lowest BCUT2D eigenvalue weighted by molar-refractivity contribution is -0.138. The van der Waals surface area contributed by atoms with Gasteiger partial charge < -0.3 is 54.0 Å². The van der Waals surface area contributed by atoms with Gasteiger partial charge in [0.1, 0.15) is 0 Å². The predicted octanol–water partition coefficient (Wildman–Crippen LogP) is 6.65. The van der Waals surface area contributed by atoms with Crippen molar-refractivity contribution in [2.75, 3.05) is 20.1 Å². The normalized spacial score (nSPS) is 14.7. The van der Waals surface area contributed by atoms with E-state index in [1.54, 1.807) is 0 Å². The number of nitrogens with zero attached hydrogens (tertiary/aromatic N) is 1. The van der Waals surface area contributed by atoms with Crippen LogP contribution in [-0.2, 0) is 47.9 Å². The Balaban J connectivity index is 6.11. The zero-order valence-corrected chi connectivity index (χ0v) is 52.6. The van der Waals surface area contributed by atoms with Crippen LogP contribution in [-0.4, -0.2) is 125 Å². The fraction of sp³-hybridized carbons (Fsp3) is 0.823. The molecule has 21 nitrogen and oxygen atoms in total. The van der Waals surface area contributed by atoms with Crippen LogP contribution in [0.25, 0.3) is 0 Å². The number of hydrogen-bond donors (Lipinski definition) is 10. The molecule has 13 N–H and O–H groups in total. The Kier molecular flexibility index (Phi) is 42.2. The third-order valence-electron chi connectivity index (χ3n) is 15.2. The summed E-state index contributed by atoms with van der Waals surface area (Å²) in [4.78, 5) is 139. The molecular weight excluding hydrogens is 1060 g/mol. The van der Waals surface area contributed by atoms with Gasteiger partial charge in [-0.15, -0.1) is 0 Å². The monoisotopic (exact) mass is 1180 g/mol. The van der Waals surface area contributed by atoms with Crippen LogP contribution in [0, 0.1) is 41.4 Å². The van der Waals surface area contributed by atoms with Crippen molar-refractivity contribution in [3.63, 3.8) is 0 Å². The number of carboxylic acids is 1. The summed E-state index contributed by atoms with van der Waals surface area (Å²) in [6.45, 7) is 16.6. The third kappa shape index (κ3) is 36.2. The number of nitrogens with one attached hydrogen (secondary N) is 5. The second-order valence-electron chi connectivity index (χ2n) is 24.3. The number of guanidine groups is 1. The second kappa shape index (κ2) is 45.1. The molecule has 0 saturated heterocycles. The first-order chi connectivity index (χ1) is 39.2. The van der Waals surface area contributed by atoms with Crippen LogP contribution in [0.2, 0.25) is 0 Å². The number of aliphatic carboxylic acids is 1. The summed E-state index contributed by atoms with van der Waals surface area (Å²) >= 11 is 0. The number of Topliss-reactive ketones (excluding diaryl/α,β-unsaturated/α-hetero) is 4. The van der Waals surface area contributed by atoms with Crippen LogP contribution in [0.5, 0.6) is 0 Å². The molecule has 9 atom stereocenters. The molecule has 0 aromatic rings. The first-order valence-electron chi connectivity index (χ1n) is 31.4. The van der Waals surface area contributed by atoms with E-state index < -0.39 is 107 Å². The number of ketones is 4. The van der Waals surface area contributed by atoms with Gasteiger partial charge in [-0.05, 0) is 95.9 Å². The Morgan fingerprint density at radius 1 is 0.494 bits per heavy atom. The molecule has 0 heterocycles. The van der Waals surface area contributed by atoms with Gasteiger partial charge in [-0.1, -0.05) is 126 Å². The summed E-state index contributed by atoms with van der Waals surface area (Å²) in [6.07, 6.45) is 14.3. The number of carbonyl (C=O) groups is 10. The lowest BCUT2D eigenvalue weighted by atomic mass is 9.86. The number of aliphatic hydroxyl groups is 1. The van der Waals surface area contributed by atoms with E-state index in [9.17, 15) is 58.2 Å². The van der Waals surface area contributed by atoms with E-state index in [2.05, 4.69) is 38.5 Å². The van der Waals surface area contributed by atoms with E-state index in [1.165, 1.54) is 78.7 Å². The topological polar surface area (TPSA) is 362 Å². The van der Waals surface area contributed by atoms with Crippen molar-refractivity contribution in [1.29, 1.82) is 0 Å². The molecule has 0 aliphatic carbocycles. The van der Waals surface area contributed by atoms with Crippen molar-refractivity contribution in [3.05, 3.63) is 0 Å². The average molecular weight is 1180 g/mol. The van der Waals surface area contributed by atoms with Gasteiger partial charge in [0.15, 0.2) is 29.1 Å². The van der Waals surface area contributed by atoms with Gasteiger partial charge >= 0.3 is 5.97 Å². The molecule has 21 heteroatoms. The first-order valence-corrected chi connectivity index (χ1v) is 31.4. The summed E-state index contributed by atoms with van der Waals surface area (Å²) in [7, 11) is 1.37. The van der Waals surface area contributed by atoms with Crippen LogP contribution in [0.1, 0.15) is 236 Å². The molecule has 0 aliphatic heterocycles. The van der Waals surface area contributed by atoms with Gasteiger partial charge in [0, 0.05) is 69.9 Å². The number of aliphatic imine (C=N–C) groups is 1. The fourth-order valence-corrected chi connectivity index (χ4v) is 10.3. The highest BCUT2D eigenvalue weighted by Gasteiger charge is 2.36. The standard InChI is InChI=1S/C62H113N9O12/c1-11-12-13-14-15-16-17-18-19-20-21-22-23-29-55(77)71-57(42(6)7)54(76)38-47(35-41(4)5)59(81)68-43(8)51(73)39-48(44(9)72)61(83)70-49(27-24-25-32-63)53(75)37-46(34-40(2)3)60(82)69-50(28-26-33-67-62(64)65)52(74)36-45(58(80)66-10)30-31-56(78)79/h40-50,57,72H,11-39,63H2,1-10H3,(H,66,80)(H,68,81)(H,69,82)(H,70,83)(H,71,77)(H,78,79)(H4,64,65,67)/t43-,44+,45+,46+,47+,48-,49-,50-,57-/m0/s1. The van der Waals surface area contributed by atoms with Gasteiger partial charge in [-0.3, -0.25) is 52.9 Å².